The van der Waals surface area contributed by atoms with Gasteiger partial charge in [0.1, 0.15) is 4.88 Å². The summed E-state index contributed by atoms with van der Waals surface area (Å²) in [7, 11) is 1.37. The van der Waals surface area contributed by atoms with Crippen LogP contribution in [0.5, 0.6) is 0 Å². The summed E-state index contributed by atoms with van der Waals surface area (Å²) in [6, 6.07) is 9.23. The maximum absolute atomic E-state index is 13.2. The normalized spacial score (nSPS) is 16.6. The third kappa shape index (κ3) is 4.89. The predicted molar refractivity (Wildman–Crippen MR) is 138 cm³/mol. The Balaban J connectivity index is 1.33. The number of thiophene rings is 1. The molecule has 0 radical (unpaired) electrons. The van der Waals surface area contributed by atoms with Gasteiger partial charge in [-0.1, -0.05) is 6.92 Å². The quantitative estimate of drug-likeness (QED) is 0.333. The summed E-state index contributed by atoms with van der Waals surface area (Å²) in [6.45, 7) is 2.77. The van der Waals surface area contributed by atoms with Crippen LogP contribution in [0.3, 0.4) is 0 Å². The van der Waals surface area contributed by atoms with Gasteiger partial charge in [-0.2, -0.15) is 5.10 Å². The maximum atomic E-state index is 13.2. The standard InChI is InChI=1S/C27H28N4O4S/c1-3-22(19-11-18(13-28-14-19)21-12-24(36-16-21)27(33)34-2)30-26(32)17-7-8-23-20(10-17)15-29-31(23)25-6-4-5-9-35-25/h7-8,10-16,22,25H,3-6,9H2,1-2H3,(H,30,32). The Morgan fingerprint density at radius 3 is 2.86 bits per heavy atom. The molecule has 4 aromatic rings. The molecule has 0 bridgehead atoms. The second kappa shape index (κ2) is 10.6. The van der Waals surface area contributed by atoms with Crippen molar-refractivity contribution in [3.8, 4) is 11.1 Å². The van der Waals surface area contributed by atoms with E-state index in [1.807, 2.05) is 41.3 Å². The Bertz CT molecular complexity index is 1390. The second-order valence-electron chi connectivity index (χ2n) is 8.82. The van der Waals surface area contributed by atoms with Gasteiger partial charge in [0.15, 0.2) is 6.23 Å². The van der Waals surface area contributed by atoms with Crippen LogP contribution in [-0.2, 0) is 9.47 Å². The first kappa shape index (κ1) is 24.1. The SMILES string of the molecule is CCC(NC(=O)c1ccc2c(cnn2C2CCCCO2)c1)c1cncc(-c2csc(C(=O)OC)c2)c1. The largest absolute Gasteiger partial charge is 0.465 e. The number of aromatic nitrogens is 3. The Labute approximate surface area is 213 Å². The number of pyridine rings is 1. The van der Waals surface area contributed by atoms with Crippen molar-refractivity contribution in [3.63, 3.8) is 0 Å². The molecular weight excluding hydrogens is 476 g/mol. The molecule has 9 heteroatoms. The molecule has 1 fully saturated rings. The van der Waals surface area contributed by atoms with Gasteiger partial charge in [-0.3, -0.25) is 9.78 Å². The number of amides is 1. The van der Waals surface area contributed by atoms with Gasteiger partial charge < -0.3 is 14.8 Å². The van der Waals surface area contributed by atoms with Crippen LogP contribution in [0.25, 0.3) is 22.0 Å². The summed E-state index contributed by atoms with van der Waals surface area (Å²) >= 11 is 1.33. The van der Waals surface area contributed by atoms with E-state index in [1.165, 1.54) is 18.4 Å². The molecule has 1 aromatic carbocycles. The molecular formula is C27H28N4O4S. The van der Waals surface area contributed by atoms with Crippen LogP contribution in [0.4, 0.5) is 0 Å². The lowest BCUT2D eigenvalue weighted by Crippen LogP contribution is -2.28. The first-order chi connectivity index (χ1) is 17.6. The summed E-state index contributed by atoms with van der Waals surface area (Å²) in [5.41, 5.74) is 4.21. The van der Waals surface area contributed by atoms with Crippen LogP contribution in [0.2, 0.25) is 0 Å². The highest BCUT2D eigenvalue weighted by Crippen LogP contribution is 2.29. The first-order valence-electron chi connectivity index (χ1n) is 12.1. The molecule has 2 atom stereocenters. The van der Waals surface area contributed by atoms with Crippen LogP contribution >= 0.6 is 11.3 Å². The van der Waals surface area contributed by atoms with Crippen LogP contribution in [0.1, 0.15) is 70.5 Å². The number of carbonyl (C=O) groups is 2. The zero-order valence-electron chi connectivity index (χ0n) is 20.3. The van der Waals surface area contributed by atoms with E-state index in [0.29, 0.717) is 16.9 Å². The molecule has 36 heavy (non-hydrogen) atoms. The van der Waals surface area contributed by atoms with Crippen molar-refractivity contribution in [2.45, 2.75) is 44.9 Å². The fourth-order valence-corrected chi connectivity index (χ4v) is 5.34. The number of carbonyl (C=O) groups excluding carboxylic acids is 2. The van der Waals surface area contributed by atoms with Crippen molar-refractivity contribution in [3.05, 3.63) is 70.3 Å². The molecule has 1 aliphatic rings. The molecule has 3 aromatic heterocycles. The van der Waals surface area contributed by atoms with Gasteiger partial charge in [-0.15, -0.1) is 11.3 Å². The van der Waals surface area contributed by atoms with Crippen LogP contribution in [0.15, 0.2) is 54.3 Å². The van der Waals surface area contributed by atoms with Crippen molar-refractivity contribution in [1.82, 2.24) is 20.1 Å². The Morgan fingerprint density at radius 1 is 1.19 bits per heavy atom. The number of hydrogen-bond donors (Lipinski definition) is 1. The lowest BCUT2D eigenvalue weighted by molar-refractivity contribution is -0.0366. The van der Waals surface area contributed by atoms with Gasteiger partial charge in [0.25, 0.3) is 5.91 Å². The molecule has 1 aliphatic heterocycles. The Hall–Kier alpha value is -3.56. The number of methoxy groups -OCH3 is 1. The van der Waals surface area contributed by atoms with Crippen molar-refractivity contribution in [2.75, 3.05) is 13.7 Å². The zero-order valence-corrected chi connectivity index (χ0v) is 21.1. The summed E-state index contributed by atoms with van der Waals surface area (Å²) < 4.78 is 12.6. The lowest BCUT2D eigenvalue weighted by atomic mass is 10.0. The number of hydrogen-bond acceptors (Lipinski definition) is 7. The van der Waals surface area contributed by atoms with Crippen LogP contribution in [0, 0.1) is 0 Å². The van der Waals surface area contributed by atoms with E-state index in [-0.39, 0.29) is 24.1 Å². The molecule has 1 saturated heterocycles. The van der Waals surface area contributed by atoms with E-state index in [4.69, 9.17) is 9.47 Å². The number of nitrogens with zero attached hydrogens (tertiary/aromatic N) is 3. The minimum absolute atomic E-state index is 0.0490. The number of nitrogens with one attached hydrogen (secondary N) is 1. The van der Waals surface area contributed by atoms with Gasteiger partial charge in [0.2, 0.25) is 0 Å². The Morgan fingerprint density at radius 2 is 2.08 bits per heavy atom. The highest BCUT2D eigenvalue weighted by Gasteiger charge is 2.20. The fourth-order valence-electron chi connectivity index (χ4n) is 4.50. The topological polar surface area (TPSA) is 95.3 Å². The van der Waals surface area contributed by atoms with Crippen molar-refractivity contribution in [1.29, 1.82) is 0 Å². The number of ether oxygens (including phenoxy) is 2. The summed E-state index contributed by atoms with van der Waals surface area (Å²) in [6.07, 6.45) is 9.11. The number of benzene rings is 1. The molecule has 5 rings (SSSR count). The van der Waals surface area contributed by atoms with E-state index < -0.39 is 0 Å². The molecule has 0 aliphatic carbocycles. The molecule has 8 nitrogen and oxygen atoms in total. The van der Waals surface area contributed by atoms with Crippen molar-refractivity contribution < 1.29 is 19.1 Å². The first-order valence-corrected chi connectivity index (χ1v) is 13.0. The molecule has 186 valence electrons. The third-order valence-corrected chi connectivity index (χ3v) is 7.39. The smallest absolute Gasteiger partial charge is 0.348 e. The number of esters is 1. The highest BCUT2D eigenvalue weighted by atomic mass is 32.1. The summed E-state index contributed by atoms with van der Waals surface area (Å²) in [5, 5.41) is 10.5. The predicted octanol–water partition coefficient (Wildman–Crippen LogP) is 5.53. The Kier molecular flexibility index (Phi) is 7.11. The number of fused-ring (bicyclic) bond motifs is 1. The summed E-state index contributed by atoms with van der Waals surface area (Å²) in [4.78, 5) is 29.9. The molecule has 1 N–H and O–H groups in total. The van der Waals surface area contributed by atoms with Gasteiger partial charge in [0.05, 0.1) is 24.9 Å². The molecule has 0 spiro atoms. The monoisotopic (exact) mass is 504 g/mol. The zero-order chi connectivity index (χ0) is 25.1. The molecule has 1 amide bonds. The van der Waals surface area contributed by atoms with E-state index in [0.717, 1.165) is 53.5 Å². The highest BCUT2D eigenvalue weighted by molar-refractivity contribution is 7.12. The van der Waals surface area contributed by atoms with E-state index in [1.54, 1.807) is 24.7 Å². The van der Waals surface area contributed by atoms with Crippen molar-refractivity contribution >= 4 is 34.1 Å². The molecule has 0 saturated carbocycles. The molecule has 2 unspecified atom stereocenters. The van der Waals surface area contributed by atoms with Gasteiger partial charge in [-0.05, 0) is 72.5 Å². The third-order valence-electron chi connectivity index (χ3n) is 6.48. The lowest BCUT2D eigenvalue weighted by Gasteiger charge is -2.23. The van der Waals surface area contributed by atoms with Crippen LogP contribution in [-0.4, -0.2) is 40.4 Å². The number of rotatable bonds is 7. The second-order valence-corrected chi connectivity index (χ2v) is 9.73. The van der Waals surface area contributed by atoms with Crippen LogP contribution < -0.4 is 5.32 Å². The van der Waals surface area contributed by atoms with E-state index >= 15 is 0 Å². The molecule has 4 heterocycles. The fraction of sp³-hybridized carbons (Fsp3) is 0.333. The van der Waals surface area contributed by atoms with Gasteiger partial charge in [-0.25, -0.2) is 9.48 Å². The minimum atomic E-state index is -0.358. The average molecular weight is 505 g/mol. The van der Waals surface area contributed by atoms with Gasteiger partial charge >= 0.3 is 5.97 Å². The average Bonchev–Trinajstić information content (AvgIpc) is 3.59. The van der Waals surface area contributed by atoms with Crippen molar-refractivity contribution in [2.24, 2.45) is 0 Å². The van der Waals surface area contributed by atoms with E-state index in [9.17, 15) is 9.59 Å². The maximum Gasteiger partial charge on any atom is 0.348 e. The van der Waals surface area contributed by atoms with E-state index in [2.05, 4.69) is 15.4 Å². The summed E-state index contributed by atoms with van der Waals surface area (Å²) in [5.74, 6) is -0.512. The van der Waals surface area contributed by atoms with Gasteiger partial charge in [0, 0.05) is 35.5 Å². The minimum Gasteiger partial charge on any atom is -0.465 e.